The summed E-state index contributed by atoms with van der Waals surface area (Å²) in [6.07, 6.45) is 0.500. The first-order valence-electron chi connectivity index (χ1n) is 13.8. The molecule has 0 fully saturated rings. The minimum Gasteiger partial charge on any atom is -0.492 e. The highest BCUT2D eigenvalue weighted by atomic mass is 32.2. The van der Waals surface area contributed by atoms with Gasteiger partial charge in [0.05, 0.1) is 17.2 Å². The van der Waals surface area contributed by atoms with Crippen LogP contribution in [0.2, 0.25) is 0 Å². The van der Waals surface area contributed by atoms with Gasteiger partial charge in [-0.2, -0.15) is 0 Å². The zero-order valence-electron chi connectivity index (χ0n) is 24.8. The molecular weight excluding hydrogens is 538 g/mol. The van der Waals surface area contributed by atoms with Crippen LogP contribution < -0.4 is 14.4 Å². The number of nitrogens with one attached hydrogen (secondary N) is 1. The molecule has 2 amide bonds. The number of sulfonamides is 1. The summed E-state index contributed by atoms with van der Waals surface area (Å²) >= 11 is 0. The van der Waals surface area contributed by atoms with Crippen molar-refractivity contribution in [3.8, 4) is 5.75 Å². The van der Waals surface area contributed by atoms with Gasteiger partial charge in [0, 0.05) is 12.1 Å². The third-order valence-corrected chi connectivity index (χ3v) is 8.25. The molecule has 0 spiro atoms. The van der Waals surface area contributed by atoms with Gasteiger partial charge >= 0.3 is 0 Å². The van der Waals surface area contributed by atoms with Crippen LogP contribution in [0, 0.1) is 6.92 Å². The molecule has 0 heterocycles. The van der Waals surface area contributed by atoms with Gasteiger partial charge in [-0.25, -0.2) is 8.42 Å². The zero-order valence-corrected chi connectivity index (χ0v) is 25.6. The molecule has 220 valence electrons. The Kier molecular flexibility index (Phi) is 10.6. The Hall–Kier alpha value is -3.85. The summed E-state index contributed by atoms with van der Waals surface area (Å²) in [5.41, 5.74) is 1.65. The fraction of sp³-hybridized carbons (Fsp3) is 0.375. The maximum absolute atomic E-state index is 14.1. The standard InChI is InChI=1S/C32H41N3O5S/c1-7-40-29-16-12-11-15-28(29)35(41(38,39)27-19-17-24(2)18-20-27)23-30(36)34(22-21-26-13-9-8-10-14-26)25(3)31(37)33-32(4,5)6/h8-20,25H,7,21-23H2,1-6H3,(H,33,37). The predicted octanol–water partition coefficient (Wildman–Crippen LogP) is 4.96. The van der Waals surface area contributed by atoms with Crippen LogP contribution in [0.15, 0.2) is 83.8 Å². The van der Waals surface area contributed by atoms with E-state index in [1.54, 1.807) is 43.3 Å². The molecule has 9 heteroatoms. The van der Waals surface area contributed by atoms with E-state index in [0.29, 0.717) is 18.8 Å². The van der Waals surface area contributed by atoms with Crippen molar-refractivity contribution in [1.29, 1.82) is 0 Å². The van der Waals surface area contributed by atoms with Crippen LogP contribution in [0.4, 0.5) is 5.69 Å². The lowest BCUT2D eigenvalue weighted by Gasteiger charge is -2.33. The van der Waals surface area contributed by atoms with Crippen molar-refractivity contribution < 1.29 is 22.7 Å². The van der Waals surface area contributed by atoms with Gasteiger partial charge in [-0.05, 0) is 77.8 Å². The average molecular weight is 580 g/mol. The fourth-order valence-corrected chi connectivity index (χ4v) is 5.76. The van der Waals surface area contributed by atoms with Crippen LogP contribution >= 0.6 is 0 Å². The van der Waals surface area contributed by atoms with Crippen LogP contribution in [0.3, 0.4) is 0 Å². The smallest absolute Gasteiger partial charge is 0.264 e. The molecular formula is C32H41N3O5S. The van der Waals surface area contributed by atoms with E-state index in [0.717, 1.165) is 15.4 Å². The summed E-state index contributed by atoms with van der Waals surface area (Å²) in [6.45, 7) is 11.0. The monoisotopic (exact) mass is 579 g/mol. The van der Waals surface area contributed by atoms with E-state index >= 15 is 0 Å². The zero-order chi connectivity index (χ0) is 30.2. The number of carbonyl (C=O) groups is 2. The molecule has 0 aliphatic heterocycles. The van der Waals surface area contributed by atoms with Gasteiger partial charge in [-0.15, -0.1) is 0 Å². The molecule has 3 aromatic rings. The first-order chi connectivity index (χ1) is 19.3. The van der Waals surface area contributed by atoms with Gasteiger partial charge in [-0.1, -0.05) is 60.2 Å². The molecule has 3 rings (SSSR count). The Balaban J connectivity index is 2.04. The van der Waals surface area contributed by atoms with Gasteiger partial charge in [0.15, 0.2) is 0 Å². The minimum atomic E-state index is -4.18. The number of benzene rings is 3. The van der Waals surface area contributed by atoms with E-state index in [4.69, 9.17) is 4.74 Å². The Bertz CT molecular complexity index is 1420. The lowest BCUT2D eigenvalue weighted by molar-refractivity contribution is -0.139. The Morgan fingerprint density at radius 3 is 2.15 bits per heavy atom. The van der Waals surface area contributed by atoms with Crippen molar-refractivity contribution in [2.75, 3.05) is 24.0 Å². The lowest BCUT2D eigenvalue weighted by atomic mass is 10.1. The summed E-state index contributed by atoms with van der Waals surface area (Å²) in [7, 11) is -4.18. The SMILES string of the molecule is CCOc1ccccc1N(CC(=O)N(CCc1ccccc1)C(C)C(=O)NC(C)(C)C)S(=O)(=O)c1ccc(C)cc1. The van der Waals surface area contributed by atoms with Crippen LogP contribution in [0.25, 0.3) is 0 Å². The van der Waals surface area contributed by atoms with E-state index in [2.05, 4.69) is 5.32 Å². The summed E-state index contributed by atoms with van der Waals surface area (Å²) < 4.78 is 34.9. The second kappa shape index (κ2) is 13.7. The van der Waals surface area contributed by atoms with Crippen molar-refractivity contribution >= 4 is 27.5 Å². The van der Waals surface area contributed by atoms with Crippen LogP contribution in [0.1, 0.15) is 45.7 Å². The number of hydrogen-bond acceptors (Lipinski definition) is 5. The first-order valence-corrected chi connectivity index (χ1v) is 15.2. The van der Waals surface area contributed by atoms with E-state index in [-0.39, 0.29) is 23.0 Å². The molecule has 0 saturated carbocycles. The van der Waals surface area contributed by atoms with Gasteiger partial charge in [0.2, 0.25) is 11.8 Å². The van der Waals surface area contributed by atoms with Crippen molar-refractivity contribution in [3.05, 3.63) is 90.0 Å². The number of carbonyl (C=O) groups excluding carboxylic acids is 2. The van der Waals surface area contributed by atoms with E-state index in [1.165, 1.54) is 17.0 Å². The maximum Gasteiger partial charge on any atom is 0.264 e. The summed E-state index contributed by atoms with van der Waals surface area (Å²) in [6, 6.07) is 22.0. The number of para-hydroxylation sites is 2. The molecule has 3 aromatic carbocycles. The van der Waals surface area contributed by atoms with Crippen molar-refractivity contribution in [2.45, 2.75) is 64.4 Å². The molecule has 0 bridgehead atoms. The number of hydrogen-bond donors (Lipinski definition) is 1. The van der Waals surface area contributed by atoms with Gasteiger partial charge < -0.3 is 15.0 Å². The third kappa shape index (κ3) is 8.57. The van der Waals surface area contributed by atoms with Crippen molar-refractivity contribution in [3.63, 3.8) is 0 Å². The van der Waals surface area contributed by atoms with Crippen LogP contribution in [-0.4, -0.2) is 56.4 Å². The number of anilines is 1. The minimum absolute atomic E-state index is 0.0524. The topological polar surface area (TPSA) is 96.0 Å². The van der Waals surface area contributed by atoms with E-state index in [1.807, 2.05) is 65.0 Å². The quantitative estimate of drug-likeness (QED) is 0.327. The Morgan fingerprint density at radius 2 is 1.54 bits per heavy atom. The Labute approximate surface area is 244 Å². The molecule has 0 aliphatic rings. The average Bonchev–Trinajstić information content (AvgIpc) is 2.92. The number of amides is 2. The highest BCUT2D eigenvalue weighted by Crippen LogP contribution is 2.33. The van der Waals surface area contributed by atoms with E-state index < -0.39 is 34.1 Å². The van der Waals surface area contributed by atoms with E-state index in [9.17, 15) is 18.0 Å². The molecule has 1 N–H and O–H groups in total. The molecule has 0 aromatic heterocycles. The molecule has 8 nitrogen and oxygen atoms in total. The first kappa shape index (κ1) is 31.7. The lowest BCUT2D eigenvalue weighted by Crippen LogP contribution is -2.55. The third-order valence-electron chi connectivity index (χ3n) is 6.47. The second-order valence-corrected chi connectivity index (χ2v) is 12.8. The second-order valence-electron chi connectivity index (χ2n) is 11.0. The molecule has 1 unspecified atom stereocenters. The normalized spacial score (nSPS) is 12.3. The number of rotatable bonds is 12. The number of nitrogens with zero attached hydrogens (tertiary/aromatic N) is 2. The highest BCUT2D eigenvalue weighted by molar-refractivity contribution is 7.92. The van der Waals surface area contributed by atoms with Crippen molar-refractivity contribution in [1.82, 2.24) is 10.2 Å². The number of aryl methyl sites for hydroxylation is 1. The molecule has 1 atom stereocenters. The number of ether oxygens (including phenoxy) is 1. The molecule has 0 aliphatic carbocycles. The van der Waals surface area contributed by atoms with Gasteiger partial charge in [0.1, 0.15) is 18.3 Å². The fourth-order valence-electron chi connectivity index (χ4n) is 4.34. The van der Waals surface area contributed by atoms with Crippen LogP contribution in [-0.2, 0) is 26.0 Å². The highest BCUT2D eigenvalue weighted by Gasteiger charge is 2.34. The summed E-state index contributed by atoms with van der Waals surface area (Å²) in [5, 5.41) is 2.94. The summed E-state index contributed by atoms with van der Waals surface area (Å²) in [4.78, 5) is 28.8. The summed E-state index contributed by atoms with van der Waals surface area (Å²) in [5.74, 6) is -0.478. The van der Waals surface area contributed by atoms with Gasteiger partial charge in [0.25, 0.3) is 10.0 Å². The van der Waals surface area contributed by atoms with Crippen LogP contribution in [0.5, 0.6) is 5.75 Å². The predicted molar refractivity (Wildman–Crippen MR) is 163 cm³/mol. The van der Waals surface area contributed by atoms with Crippen molar-refractivity contribution in [2.24, 2.45) is 0 Å². The maximum atomic E-state index is 14.1. The molecule has 0 saturated heterocycles. The molecule has 41 heavy (non-hydrogen) atoms. The molecule has 0 radical (unpaired) electrons. The largest absolute Gasteiger partial charge is 0.492 e. The van der Waals surface area contributed by atoms with Gasteiger partial charge in [-0.3, -0.25) is 13.9 Å². The Morgan fingerprint density at radius 1 is 0.927 bits per heavy atom.